The van der Waals surface area contributed by atoms with E-state index >= 15 is 0 Å². The Hall–Kier alpha value is -2.37. The highest BCUT2D eigenvalue weighted by Crippen LogP contribution is 2.53. The standard InChI is InChI=1S/C30H31Cl2NO3/c1-4-29(15-16-29)19-36-30(21-7-12-24(32)13-8-21)26-14-9-22(28(2,3)35)17-25(26)27(34)33(30)18-20-5-10-23(31)11-6-20/h5-14,17,35H,4,15-16,18-19H2,1-3H3. The van der Waals surface area contributed by atoms with Gasteiger partial charge < -0.3 is 9.84 Å². The lowest BCUT2D eigenvalue weighted by Crippen LogP contribution is -2.47. The normalized spacial score (nSPS) is 20.5. The Morgan fingerprint density at radius 2 is 1.58 bits per heavy atom. The first-order valence-corrected chi connectivity index (χ1v) is 13.2. The summed E-state index contributed by atoms with van der Waals surface area (Å²) < 4.78 is 6.94. The molecular weight excluding hydrogens is 493 g/mol. The van der Waals surface area contributed by atoms with Crippen molar-refractivity contribution in [1.29, 1.82) is 0 Å². The van der Waals surface area contributed by atoms with E-state index in [1.165, 1.54) is 0 Å². The van der Waals surface area contributed by atoms with Crippen LogP contribution in [0, 0.1) is 5.41 Å². The molecule has 1 fully saturated rings. The number of hydrogen-bond donors (Lipinski definition) is 1. The molecule has 6 heteroatoms. The third-order valence-electron chi connectivity index (χ3n) is 7.73. The van der Waals surface area contributed by atoms with Crippen LogP contribution in [-0.4, -0.2) is 22.5 Å². The van der Waals surface area contributed by atoms with Gasteiger partial charge in [0.15, 0.2) is 5.72 Å². The minimum atomic E-state index is -1.13. The Morgan fingerprint density at radius 1 is 0.972 bits per heavy atom. The average molecular weight is 524 g/mol. The fraction of sp³-hybridized carbons (Fsp3) is 0.367. The Kier molecular flexibility index (Phi) is 6.45. The molecule has 3 aromatic carbocycles. The SMILES string of the molecule is CCC1(COC2(c3ccc(Cl)cc3)c3ccc(C(C)(C)O)cc3C(=O)N2Cc2ccc(Cl)cc2)CC1. The molecule has 0 saturated heterocycles. The summed E-state index contributed by atoms with van der Waals surface area (Å²) in [5.41, 5.74) is 1.73. The minimum absolute atomic E-state index is 0.137. The first-order chi connectivity index (χ1) is 17.1. The summed E-state index contributed by atoms with van der Waals surface area (Å²) in [5.74, 6) is -0.137. The first kappa shape index (κ1) is 25.3. The van der Waals surface area contributed by atoms with Crippen molar-refractivity contribution in [3.05, 3.63) is 105 Å². The summed E-state index contributed by atoms with van der Waals surface area (Å²) in [4.78, 5) is 15.9. The molecular formula is C30H31Cl2NO3. The molecule has 3 aromatic rings. The van der Waals surface area contributed by atoms with Crippen LogP contribution in [0.2, 0.25) is 10.0 Å². The van der Waals surface area contributed by atoms with Crippen molar-refractivity contribution >= 4 is 29.1 Å². The molecule has 0 radical (unpaired) electrons. The van der Waals surface area contributed by atoms with Crippen LogP contribution in [-0.2, 0) is 22.6 Å². The fourth-order valence-electron chi connectivity index (χ4n) is 5.05. The first-order valence-electron chi connectivity index (χ1n) is 12.4. The van der Waals surface area contributed by atoms with Crippen LogP contribution in [0.5, 0.6) is 0 Å². The highest BCUT2D eigenvalue weighted by molar-refractivity contribution is 6.30. The molecule has 1 unspecified atom stereocenters. The number of hydrogen-bond acceptors (Lipinski definition) is 3. The van der Waals surface area contributed by atoms with Crippen LogP contribution in [0.1, 0.15) is 72.6 Å². The van der Waals surface area contributed by atoms with Crippen LogP contribution >= 0.6 is 23.2 Å². The molecule has 1 atom stereocenters. The molecule has 5 rings (SSSR count). The van der Waals surface area contributed by atoms with E-state index < -0.39 is 11.3 Å². The molecule has 0 spiro atoms. The highest BCUT2D eigenvalue weighted by Gasteiger charge is 2.54. The smallest absolute Gasteiger partial charge is 0.257 e. The lowest BCUT2D eigenvalue weighted by molar-refractivity contribution is -0.125. The topological polar surface area (TPSA) is 49.8 Å². The number of nitrogens with zero attached hydrogens (tertiary/aromatic N) is 1. The van der Waals surface area contributed by atoms with Gasteiger partial charge in [0.05, 0.1) is 12.2 Å². The zero-order chi connectivity index (χ0) is 25.7. The van der Waals surface area contributed by atoms with E-state index in [-0.39, 0.29) is 11.3 Å². The second-order valence-corrected chi connectivity index (χ2v) is 11.5. The van der Waals surface area contributed by atoms with Gasteiger partial charge in [-0.15, -0.1) is 0 Å². The van der Waals surface area contributed by atoms with E-state index in [4.69, 9.17) is 27.9 Å². The Labute approximate surface area is 222 Å². The number of rotatable bonds is 8. The van der Waals surface area contributed by atoms with Crippen LogP contribution in [0.25, 0.3) is 0 Å². The number of carbonyl (C=O) groups is 1. The van der Waals surface area contributed by atoms with Crippen molar-refractivity contribution in [2.75, 3.05) is 6.61 Å². The van der Waals surface area contributed by atoms with E-state index in [1.807, 2.05) is 65.6 Å². The third kappa shape index (κ3) is 4.45. The monoisotopic (exact) mass is 523 g/mol. The van der Waals surface area contributed by atoms with Crippen molar-refractivity contribution in [3.63, 3.8) is 0 Å². The van der Waals surface area contributed by atoms with Crippen molar-refractivity contribution in [2.24, 2.45) is 5.41 Å². The quantitative estimate of drug-likeness (QED) is 0.337. The van der Waals surface area contributed by atoms with Crippen LogP contribution in [0.3, 0.4) is 0 Å². The van der Waals surface area contributed by atoms with Gasteiger partial charge in [0.25, 0.3) is 5.91 Å². The summed E-state index contributed by atoms with van der Waals surface area (Å²) >= 11 is 12.4. The second kappa shape index (κ2) is 9.18. The summed E-state index contributed by atoms with van der Waals surface area (Å²) in [6.45, 7) is 6.52. The lowest BCUT2D eigenvalue weighted by atomic mass is 9.89. The van der Waals surface area contributed by atoms with Crippen LogP contribution in [0.4, 0.5) is 0 Å². The molecule has 0 aromatic heterocycles. The highest BCUT2D eigenvalue weighted by atomic mass is 35.5. The van der Waals surface area contributed by atoms with Crippen molar-refractivity contribution in [1.82, 2.24) is 4.90 Å². The van der Waals surface area contributed by atoms with E-state index in [2.05, 4.69) is 6.92 Å². The maximum absolute atomic E-state index is 14.1. The molecule has 4 nitrogen and oxygen atoms in total. The molecule has 36 heavy (non-hydrogen) atoms. The van der Waals surface area contributed by atoms with Gasteiger partial charge in [0.1, 0.15) is 0 Å². The molecule has 1 amide bonds. The van der Waals surface area contributed by atoms with E-state index in [0.29, 0.717) is 34.3 Å². The van der Waals surface area contributed by atoms with Gasteiger partial charge in [-0.05, 0) is 80.0 Å². The van der Waals surface area contributed by atoms with E-state index in [0.717, 1.165) is 36.0 Å². The van der Waals surface area contributed by atoms with Crippen molar-refractivity contribution < 1.29 is 14.6 Å². The van der Waals surface area contributed by atoms with Crippen molar-refractivity contribution in [3.8, 4) is 0 Å². The van der Waals surface area contributed by atoms with Crippen molar-refractivity contribution in [2.45, 2.75) is 57.9 Å². The van der Waals surface area contributed by atoms with Gasteiger partial charge in [-0.25, -0.2) is 0 Å². The molecule has 1 aliphatic carbocycles. The van der Waals surface area contributed by atoms with E-state index in [9.17, 15) is 9.90 Å². The number of benzene rings is 3. The number of carbonyl (C=O) groups excluding carboxylic acids is 1. The fourth-order valence-corrected chi connectivity index (χ4v) is 5.30. The van der Waals surface area contributed by atoms with Gasteiger partial charge in [-0.2, -0.15) is 0 Å². The summed E-state index contributed by atoms with van der Waals surface area (Å²) in [6, 6.07) is 20.7. The van der Waals surface area contributed by atoms with Gasteiger partial charge in [-0.3, -0.25) is 9.69 Å². The lowest BCUT2D eigenvalue weighted by Gasteiger charge is -2.40. The zero-order valence-corrected chi connectivity index (χ0v) is 22.4. The van der Waals surface area contributed by atoms with Crippen LogP contribution in [0.15, 0.2) is 66.7 Å². The van der Waals surface area contributed by atoms with Gasteiger partial charge in [0, 0.05) is 33.3 Å². The predicted octanol–water partition coefficient (Wildman–Crippen LogP) is 7.28. The van der Waals surface area contributed by atoms with Gasteiger partial charge in [-0.1, -0.05) is 66.5 Å². The minimum Gasteiger partial charge on any atom is -0.386 e. The predicted molar refractivity (Wildman–Crippen MR) is 143 cm³/mol. The largest absolute Gasteiger partial charge is 0.386 e. The maximum atomic E-state index is 14.1. The van der Waals surface area contributed by atoms with E-state index in [1.54, 1.807) is 19.9 Å². The number of amides is 1. The number of fused-ring (bicyclic) bond motifs is 1. The third-order valence-corrected chi connectivity index (χ3v) is 8.23. The summed E-state index contributed by atoms with van der Waals surface area (Å²) in [7, 11) is 0. The van der Waals surface area contributed by atoms with Gasteiger partial charge >= 0.3 is 0 Å². The molecule has 2 aliphatic rings. The van der Waals surface area contributed by atoms with Gasteiger partial charge in [0.2, 0.25) is 0 Å². The van der Waals surface area contributed by atoms with Crippen LogP contribution < -0.4 is 0 Å². The average Bonchev–Trinajstić information content (AvgIpc) is 3.60. The number of ether oxygens (including phenoxy) is 1. The number of halogens is 2. The molecule has 1 heterocycles. The molecule has 1 saturated carbocycles. The zero-order valence-electron chi connectivity index (χ0n) is 20.9. The molecule has 1 N–H and O–H groups in total. The Balaban J connectivity index is 1.70. The Bertz CT molecular complexity index is 1280. The summed E-state index contributed by atoms with van der Waals surface area (Å²) in [5, 5.41) is 11.9. The molecule has 0 bridgehead atoms. The number of aliphatic hydroxyl groups is 1. The second-order valence-electron chi connectivity index (χ2n) is 10.6. The maximum Gasteiger partial charge on any atom is 0.257 e. The Morgan fingerprint density at radius 3 is 2.14 bits per heavy atom. The molecule has 188 valence electrons. The molecule has 1 aliphatic heterocycles. The summed E-state index contributed by atoms with van der Waals surface area (Å²) in [6.07, 6.45) is 3.27.